The standard InChI is InChI=1S/C16H26ClN3O/c1-12(18)14-5-4-13(10-15(14)17)20-8-6-19(7-9-20)11-16(2,3)21/h4-5,10,12,21H,6-9,11,18H2,1-3H3. The van der Waals surface area contributed by atoms with Crippen LogP contribution >= 0.6 is 11.6 Å². The summed E-state index contributed by atoms with van der Waals surface area (Å²) in [4.78, 5) is 4.63. The van der Waals surface area contributed by atoms with Crippen molar-refractivity contribution in [3.05, 3.63) is 28.8 Å². The van der Waals surface area contributed by atoms with Gasteiger partial charge in [0.15, 0.2) is 0 Å². The molecule has 4 nitrogen and oxygen atoms in total. The van der Waals surface area contributed by atoms with Crippen LogP contribution in [0.5, 0.6) is 0 Å². The van der Waals surface area contributed by atoms with E-state index in [9.17, 15) is 5.11 Å². The lowest BCUT2D eigenvalue weighted by Gasteiger charge is -2.38. The third kappa shape index (κ3) is 4.58. The number of rotatable bonds is 4. The lowest BCUT2D eigenvalue weighted by atomic mass is 10.1. The summed E-state index contributed by atoms with van der Waals surface area (Å²) in [6, 6.07) is 6.07. The summed E-state index contributed by atoms with van der Waals surface area (Å²) >= 11 is 6.31. The summed E-state index contributed by atoms with van der Waals surface area (Å²) in [7, 11) is 0. The molecule has 118 valence electrons. The number of hydrogen-bond acceptors (Lipinski definition) is 4. The zero-order chi connectivity index (χ0) is 15.6. The van der Waals surface area contributed by atoms with E-state index in [2.05, 4.69) is 15.9 Å². The van der Waals surface area contributed by atoms with E-state index in [0.29, 0.717) is 6.54 Å². The van der Waals surface area contributed by atoms with Crippen LogP contribution in [0.15, 0.2) is 18.2 Å². The number of hydrogen-bond donors (Lipinski definition) is 2. The Bertz CT molecular complexity index is 477. The second-order valence-electron chi connectivity index (χ2n) is 6.57. The predicted octanol–water partition coefficient (Wildman–Crippen LogP) is 2.25. The van der Waals surface area contributed by atoms with Crippen LogP contribution in [0.25, 0.3) is 0 Å². The molecule has 1 aliphatic heterocycles. The van der Waals surface area contributed by atoms with Crippen molar-refractivity contribution in [3.63, 3.8) is 0 Å². The van der Waals surface area contributed by atoms with E-state index in [1.54, 1.807) is 0 Å². The van der Waals surface area contributed by atoms with E-state index >= 15 is 0 Å². The molecular formula is C16H26ClN3O. The van der Waals surface area contributed by atoms with Gasteiger partial charge in [0.2, 0.25) is 0 Å². The van der Waals surface area contributed by atoms with Gasteiger partial charge in [0, 0.05) is 49.5 Å². The second-order valence-corrected chi connectivity index (χ2v) is 6.98. The summed E-state index contributed by atoms with van der Waals surface area (Å²) in [5.41, 5.74) is 7.39. The predicted molar refractivity (Wildman–Crippen MR) is 89.0 cm³/mol. The van der Waals surface area contributed by atoms with E-state index in [1.165, 1.54) is 0 Å². The Morgan fingerprint density at radius 1 is 1.29 bits per heavy atom. The maximum atomic E-state index is 9.89. The molecule has 1 aromatic carbocycles. The number of anilines is 1. The molecule has 1 aromatic rings. The minimum Gasteiger partial charge on any atom is -0.389 e. The quantitative estimate of drug-likeness (QED) is 0.895. The van der Waals surface area contributed by atoms with Crippen molar-refractivity contribution in [1.82, 2.24) is 4.90 Å². The molecule has 0 spiro atoms. The second kappa shape index (κ2) is 6.53. The Morgan fingerprint density at radius 3 is 2.38 bits per heavy atom. The summed E-state index contributed by atoms with van der Waals surface area (Å²) in [6.45, 7) is 10.2. The van der Waals surface area contributed by atoms with Crippen molar-refractivity contribution < 1.29 is 5.11 Å². The van der Waals surface area contributed by atoms with E-state index in [-0.39, 0.29) is 6.04 Å². The first-order chi connectivity index (χ1) is 9.76. The monoisotopic (exact) mass is 311 g/mol. The van der Waals surface area contributed by atoms with E-state index < -0.39 is 5.60 Å². The highest BCUT2D eigenvalue weighted by atomic mass is 35.5. The minimum atomic E-state index is -0.635. The van der Waals surface area contributed by atoms with Crippen molar-refractivity contribution in [3.8, 4) is 0 Å². The lowest BCUT2D eigenvalue weighted by Crippen LogP contribution is -2.50. The van der Waals surface area contributed by atoms with Crippen LogP contribution in [0.1, 0.15) is 32.4 Å². The van der Waals surface area contributed by atoms with Gasteiger partial charge < -0.3 is 15.7 Å². The average molecular weight is 312 g/mol. The summed E-state index contributed by atoms with van der Waals surface area (Å²) in [5, 5.41) is 10.6. The Kier molecular flexibility index (Phi) is 5.15. The molecule has 1 aliphatic rings. The Morgan fingerprint density at radius 2 is 1.90 bits per heavy atom. The minimum absolute atomic E-state index is 0.0461. The zero-order valence-electron chi connectivity index (χ0n) is 13.1. The van der Waals surface area contributed by atoms with Crippen molar-refractivity contribution in [1.29, 1.82) is 0 Å². The lowest BCUT2D eigenvalue weighted by molar-refractivity contribution is 0.0345. The summed E-state index contributed by atoms with van der Waals surface area (Å²) in [6.07, 6.45) is 0. The van der Waals surface area contributed by atoms with Gasteiger partial charge in [-0.3, -0.25) is 4.90 Å². The molecule has 21 heavy (non-hydrogen) atoms. The number of aliphatic hydroxyl groups is 1. The van der Waals surface area contributed by atoms with Gasteiger partial charge >= 0.3 is 0 Å². The van der Waals surface area contributed by atoms with Gasteiger partial charge in [-0.2, -0.15) is 0 Å². The third-order valence-electron chi connectivity index (χ3n) is 3.82. The van der Waals surface area contributed by atoms with Gasteiger partial charge in [-0.1, -0.05) is 17.7 Å². The highest BCUT2D eigenvalue weighted by molar-refractivity contribution is 6.31. The third-order valence-corrected chi connectivity index (χ3v) is 4.15. The summed E-state index contributed by atoms with van der Waals surface area (Å²) < 4.78 is 0. The van der Waals surface area contributed by atoms with Crippen LogP contribution in [0.2, 0.25) is 5.02 Å². The number of piperazine rings is 1. The SMILES string of the molecule is CC(N)c1ccc(N2CCN(CC(C)(C)O)CC2)cc1Cl. The van der Waals surface area contributed by atoms with Crippen molar-refractivity contribution in [2.24, 2.45) is 5.73 Å². The first-order valence-electron chi connectivity index (χ1n) is 7.51. The number of nitrogens with zero attached hydrogens (tertiary/aromatic N) is 2. The maximum Gasteiger partial charge on any atom is 0.0718 e. The van der Waals surface area contributed by atoms with Crippen LogP contribution in [-0.4, -0.2) is 48.3 Å². The fourth-order valence-corrected chi connectivity index (χ4v) is 3.14. The first kappa shape index (κ1) is 16.6. The van der Waals surface area contributed by atoms with Gasteiger partial charge in [0.1, 0.15) is 0 Å². The normalized spacial score (nSPS) is 18.9. The molecule has 0 aromatic heterocycles. The van der Waals surface area contributed by atoms with Gasteiger partial charge in [-0.25, -0.2) is 0 Å². The van der Waals surface area contributed by atoms with Crippen LogP contribution in [0.4, 0.5) is 5.69 Å². The highest BCUT2D eigenvalue weighted by Crippen LogP contribution is 2.27. The molecule has 5 heteroatoms. The molecule has 1 fully saturated rings. The van der Waals surface area contributed by atoms with E-state index in [0.717, 1.165) is 42.5 Å². The average Bonchev–Trinajstić information content (AvgIpc) is 2.37. The van der Waals surface area contributed by atoms with Crippen LogP contribution in [0, 0.1) is 0 Å². The molecule has 1 atom stereocenters. The van der Waals surface area contributed by atoms with E-state index in [1.807, 2.05) is 32.9 Å². The number of benzene rings is 1. The molecule has 0 radical (unpaired) electrons. The van der Waals surface area contributed by atoms with Crippen molar-refractivity contribution in [2.75, 3.05) is 37.6 Å². The largest absolute Gasteiger partial charge is 0.389 e. The highest BCUT2D eigenvalue weighted by Gasteiger charge is 2.23. The number of nitrogens with two attached hydrogens (primary N) is 1. The molecule has 0 bridgehead atoms. The van der Waals surface area contributed by atoms with Crippen LogP contribution in [0.3, 0.4) is 0 Å². The smallest absolute Gasteiger partial charge is 0.0718 e. The van der Waals surface area contributed by atoms with Crippen molar-refractivity contribution in [2.45, 2.75) is 32.4 Å². The van der Waals surface area contributed by atoms with Gasteiger partial charge in [0.25, 0.3) is 0 Å². The zero-order valence-corrected chi connectivity index (χ0v) is 13.9. The number of halogens is 1. The fraction of sp³-hybridized carbons (Fsp3) is 0.625. The van der Waals surface area contributed by atoms with Gasteiger partial charge in [-0.15, -0.1) is 0 Å². The van der Waals surface area contributed by atoms with Gasteiger partial charge in [0.05, 0.1) is 5.60 Å². The number of β-amino-alcohol motifs (C(OH)–C–C–N with tert-alkyl or cyclic N) is 1. The molecule has 1 unspecified atom stereocenters. The van der Waals surface area contributed by atoms with E-state index in [4.69, 9.17) is 17.3 Å². The molecule has 0 aliphatic carbocycles. The molecular weight excluding hydrogens is 286 g/mol. The maximum absolute atomic E-state index is 9.89. The molecule has 0 saturated carbocycles. The van der Waals surface area contributed by atoms with Crippen LogP contribution < -0.4 is 10.6 Å². The van der Waals surface area contributed by atoms with Gasteiger partial charge in [-0.05, 0) is 38.5 Å². The van der Waals surface area contributed by atoms with Crippen molar-refractivity contribution >= 4 is 17.3 Å². The first-order valence-corrected chi connectivity index (χ1v) is 7.89. The molecule has 2 rings (SSSR count). The fourth-order valence-electron chi connectivity index (χ4n) is 2.79. The molecule has 1 saturated heterocycles. The molecule has 0 amide bonds. The summed E-state index contributed by atoms with van der Waals surface area (Å²) in [5.74, 6) is 0. The topological polar surface area (TPSA) is 52.7 Å². The van der Waals surface area contributed by atoms with Crippen LogP contribution in [-0.2, 0) is 0 Å². The molecule has 3 N–H and O–H groups in total. The Balaban J connectivity index is 1.98. The molecule has 1 heterocycles. The Labute approximate surface area is 132 Å². The Hall–Kier alpha value is -0.810.